The number of para-hydroxylation sites is 3. The quantitative estimate of drug-likeness (QED) is 0.173. The Bertz CT molecular complexity index is 2960. The van der Waals surface area contributed by atoms with E-state index in [2.05, 4.69) is 205 Å². The molecule has 0 aliphatic rings. The van der Waals surface area contributed by atoms with E-state index in [1.54, 1.807) is 0 Å². The van der Waals surface area contributed by atoms with Gasteiger partial charge >= 0.3 is 0 Å². The summed E-state index contributed by atoms with van der Waals surface area (Å²) in [7, 11) is 0. The van der Waals surface area contributed by atoms with Crippen LogP contribution in [0.2, 0.25) is 0 Å². The highest BCUT2D eigenvalue weighted by Gasteiger charge is 2.16. The Morgan fingerprint density at radius 2 is 0.731 bits per heavy atom. The smallest absolute Gasteiger partial charge is 0.0541 e. The molecule has 2 heterocycles. The molecule has 8 aromatic carbocycles. The summed E-state index contributed by atoms with van der Waals surface area (Å²) in [5, 5.41) is 5.04. The van der Waals surface area contributed by atoms with Gasteiger partial charge < -0.3 is 9.13 Å². The van der Waals surface area contributed by atoms with E-state index in [0.717, 1.165) is 5.69 Å². The number of nitrogens with zero attached hydrogens (tertiary/aromatic N) is 2. The van der Waals surface area contributed by atoms with Crippen molar-refractivity contribution in [3.05, 3.63) is 193 Å². The van der Waals surface area contributed by atoms with Crippen LogP contribution in [-0.2, 0) is 0 Å². The summed E-state index contributed by atoms with van der Waals surface area (Å²) in [6.07, 6.45) is 0. The van der Waals surface area contributed by atoms with Crippen LogP contribution in [0.5, 0.6) is 0 Å². The second kappa shape index (κ2) is 12.0. The summed E-state index contributed by atoms with van der Waals surface area (Å²) in [6, 6.07) is 66.6. The molecule has 10 rings (SSSR count). The summed E-state index contributed by atoms with van der Waals surface area (Å²) in [5.74, 6) is 0. The molecule has 0 N–H and O–H groups in total. The lowest BCUT2D eigenvalue weighted by molar-refractivity contribution is 1.18. The van der Waals surface area contributed by atoms with Gasteiger partial charge in [-0.25, -0.2) is 0 Å². The van der Waals surface area contributed by atoms with Crippen LogP contribution < -0.4 is 0 Å². The first-order valence-electron chi connectivity index (χ1n) is 18.0. The van der Waals surface area contributed by atoms with E-state index in [1.165, 1.54) is 93.8 Å². The molecule has 52 heavy (non-hydrogen) atoms. The van der Waals surface area contributed by atoms with Crippen molar-refractivity contribution in [3.63, 3.8) is 0 Å². The fourth-order valence-corrected chi connectivity index (χ4v) is 8.21. The number of rotatable bonds is 5. The van der Waals surface area contributed by atoms with Gasteiger partial charge in [-0.2, -0.15) is 0 Å². The van der Waals surface area contributed by atoms with E-state index in [9.17, 15) is 0 Å². The number of aromatic nitrogens is 2. The van der Waals surface area contributed by atoms with Gasteiger partial charge in [-0.15, -0.1) is 0 Å². The number of hydrogen-bond donors (Lipinski definition) is 0. The number of benzene rings is 8. The van der Waals surface area contributed by atoms with Crippen LogP contribution in [0.25, 0.3) is 88.4 Å². The fraction of sp³-hybridized carbons (Fsp3) is 0.0400. The molecule has 10 aromatic rings. The van der Waals surface area contributed by atoms with Gasteiger partial charge in [0, 0.05) is 32.9 Å². The third-order valence-electron chi connectivity index (χ3n) is 10.8. The Hall–Kier alpha value is -6.64. The summed E-state index contributed by atoms with van der Waals surface area (Å²) in [4.78, 5) is 0. The maximum absolute atomic E-state index is 2.41. The van der Waals surface area contributed by atoms with Gasteiger partial charge in [-0.3, -0.25) is 0 Å². The topological polar surface area (TPSA) is 9.86 Å². The van der Waals surface area contributed by atoms with Crippen LogP contribution in [0.1, 0.15) is 11.1 Å². The normalized spacial score (nSPS) is 11.7. The SMILES string of the molecule is Cc1ccccc1-c1cc(-c2ccc(-n3c4ccccc4c4cc(-c5ccc6c(c5)c5ccccc5n6-c5ccccc5)ccc43)cc2)ccc1C. The lowest BCUT2D eigenvalue weighted by atomic mass is 9.93. The van der Waals surface area contributed by atoms with Gasteiger partial charge in [0.25, 0.3) is 0 Å². The molecule has 0 spiro atoms. The summed E-state index contributed by atoms with van der Waals surface area (Å²) >= 11 is 0. The monoisotopic (exact) mass is 664 g/mol. The third kappa shape index (κ3) is 4.80. The van der Waals surface area contributed by atoms with Gasteiger partial charge in [0.2, 0.25) is 0 Å². The molecule has 2 nitrogen and oxygen atoms in total. The molecule has 2 aromatic heterocycles. The van der Waals surface area contributed by atoms with E-state index < -0.39 is 0 Å². The Kier molecular flexibility index (Phi) is 6.97. The van der Waals surface area contributed by atoms with Gasteiger partial charge in [-0.05, 0) is 125 Å². The second-order valence-corrected chi connectivity index (χ2v) is 13.9. The molecule has 0 saturated heterocycles. The molecule has 0 saturated carbocycles. The van der Waals surface area contributed by atoms with Gasteiger partial charge in [0.05, 0.1) is 22.1 Å². The predicted octanol–water partition coefficient (Wildman–Crippen LogP) is 13.5. The van der Waals surface area contributed by atoms with Crippen LogP contribution in [0.4, 0.5) is 0 Å². The van der Waals surface area contributed by atoms with Gasteiger partial charge in [0.1, 0.15) is 0 Å². The third-order valence-corrected chi connectivity index (χ3v) is 10.8. The molecule has 0 bridgehead atoms. The van der Waals surface area contributed by atoms with Crippen LogP contribution in [-0.4, -0.2) is 9.13 Å². The van der Waals surface area contributed by atoms with E-state index in [0.29, 0.717) is 0 Å². The zero-order valence-electron chi connectivity index (χ0n) is 29.2. The average Bonchev–Trinajstić information content (AvgIpc) is 3.71. The Morgan fingerprint density at radius 3 is 1.35 bits per heavy atom. The van der Waals surface area contributed by atoms with Crippen LogP contribution in [0.15, 0.2) is 182 Å². The molecule has 0 atom stereocenters. The molecule has 0 aliphatic carbocycles. The van der Waals surface area contributed by atoms with Crippen molar-refractivity contribution >= 4 is 43.6 Å². The van der Waals surface area contributed by atoms with Crippen molar-refractivity contribution in [2.24, 2.45) is 0 Å². The largest absolute Gasteiger partial charge is 0.309 e. The van der Waals surface area contributed by atoms with Crippen LogP contribution in [0, 0.1) is 13.8 Å². The van der Waals surface area contributed by atoms with Gasteiger partial charge in [-0.1, -0.05) is 115 Å². The van der Waals surface area contributed by atoms with E-state index >= 15 is 0 Å². The summed E-state index contributed by atoms with van der Waals surface area (Å²) < 4.78 is 4.78. The molecule has 246 valence electrons. The van der Waals surface area contributed by atoms with Crippen molar-refractivity contribution in [2.45, 2.75) is 13.8 Å². The van der Waals surface area contributed by atoms with E-state index in [-0.39, 0.29) is 0 Å². The summed E-state index contributed by atoms with van der Waals surface area (Å²) in [6.45, 7) is 4.39. The highest BCUT2D eigenvalue weighted by Crippen LogP contribution is 2.39. The highest BCUT2D eigenvalue weighted by molar-refractivity contribution is 6.12. The lowest BCUT2D eigenvalue weighted by Crippen LogP contribution is -1.94. The number of hydrogen-bond acceptors (Lipinski definition) is 0. The standard InChI is InChI=1S/C50H36N2/c1-33-12-6-7-15-41(33)44-30-36(21-20-34(44)2)35-22-26-40(27-23-35)52-48-19-11-9-17-43(48)46-32-38(25-29-50(46)52)37-24-28-49-45(31-37)42-16-8-10-18-47(42)51(49)39-13-4-3-5-14-39/h3-32H,1-2H3. The molecule has 2 heteroatoms. The van der Waals surface area contributed by atoms with E-state index in [1.807, 2.05) is 0 Å². The van der Waals surface area contributed by atoms with Crippen molar-refractivity contribution in [1.82, 2.24) is 9.13 Å². The lowest BCUT2D eigenvalue weighted by Gasteiger charge is -2.13. The average molecular weight is 665 g/mol. The molecule has 0 radical (unpaired) electrons. The maximum Gasteiger partial charge on any atom is 0.0541 e. The summed E-state index contributed by atoms with van der Waals surface area (Å²) in [5.41, 5.74) is 17.2. The zero-order valence-corrected chi connectivity index (χ0v) is 29.2. The fourth-order valence-electron chi connectivity index (χ4n) is 8.21. The highest BCUT2D eigenvalue weighted by atomic mass is 15.0. The number of aryl methyl sites for hydroxylation is 2. The minimum atomic E-state index is 1.16. The van der Waals surface area contributed by atoms with E-state index in [4.69, 9.17) is 0 Å². The molecular formula is C50H36N2. The Balaban J connectivity index is 1.07. The first-order chi connectivity index (χ1) is 25.6. The van der Waals surface area contributed by atoms with Crippen molar-refractivity contribution < 1.29 is 0 Å². The minimum absolute atomic E-state index is 1.16. The molecule has 0 amide bonds. The zero-order chi connectivity index (χ0) is 34.8. The predicted molar refractivity (Wildman–Crippen MR) is 221 cm³/mol. The van der Waals surface area contributed by atoms with Gasteiger partial charge in [0.15, 0.2) is 0 Å². The maximum atomic E-state index is 2.41. The number of fused-ring (bicyclic) bond motifs is 6. The molecule has 0 unspecified atom stereocenters. The molecule has 0 fully saturated rings. The Labute approximate surface area is 303 Å². The van der Waals surface area contributed by atoms with Crippen LogP contribution in [0.3, 0.4) is 0 Å². The minimum Gasteiger partial charge on any atom is -0.309 e. The second-order valence-electron chi connectivity index (χ2n) is 13.9. The van der Waals surface area contributed by atoms with Crippen LogP contribution >= 0.6 is 0 Å². The molecule has 0 aliphatic heterocycles. The Morgan fingerprint density at radius 1 is 0.288 bits per heavy atom. The first-order valence-corrected chi connectivity index (χ1v) is 18.0. The first kappa shape index (κ1) is 30.2. The van der Waals surface area contributed by atoms with Crippen molar-refractivity contribution in [2.75, 3.05) is 0 Å². The van der Waals surface area contributed by atoms with Crippen molar-refractivity contribution in [1.29, 1.82) is 0 Å². The van der Waals surface area contributed by atoms with Crippen molar-refractivity contribution in [3.8, 4) is 44.8 Å². The molecular weight excluding hydrogens is 629 g/mol.